The normalized spacial score (nSPS) is 17.1. The van der Waals surface area contributed by atoms with Gasteiger partial charge in [-0.1, -0.05) is 49.2 Å². The summed E-state index contributed by atoms with van der Waals surface area (Å²) in [4.78, 5) is 23.6. The molecule has 1 aliphatic carbocycles. The summed E-state index contributed by atoms with van der Waals surface area (Å²) in [5.41, 5.74) is 3.08. The minimum atomic E-state index is 0.0102. The molecule has 0 radical (unpaired) electrons. The number of ether oxygens (including phenoxy) is 1. The lowest BCUT2D eigenvalue weighted by Gasteiger charge is -2.37. The van der Waals surface area contributed by atoms with Crippen molar-refractivity contribution in [2.75, 3.05) is 25.6 Å². The fourth-order valence-corrected chi connectivity index (χ4v) is 7.17. The molecule has 2 aromatic carbocycles. The van der Waals surface area contributed by atoms with Crippen LogP contribution in [0.5, 0.6) is 5.75 Å². The second kappa shape index (κ2) is 12.6. The van der Waals surface area contributed by atoms with Crippen molar-refractivity contribution in [3.05, 3.63) is 76.3 Å². The van der Waals surface area contributed by atoms with E-state index in [1.165, 1.54) is 17.8 Å². The molecule has 40 heavy (non-hydrogen) atoms. The molecular weight excluding hydrogens is 538 g/mol. The second-order valence-corrected chi connectivity index (χ2v) is 12.2. The molecule has 0 aliphatic heterocycles. The van der Waals surface area contributed by atoms with Crippen molar-refractivity contribution < 1.29 is 9.53 Å². The molecule has 2 heterocycles. The molecule has 210 valence electrons. The maximum atomic E-state index is 14.3. The summed E-state index contributed by atoms with van der Waals surface area (Å²) in [6, 6.07) is 18.5. The molecule has 5 rings (SSSR count). The van der Waals surface area contributed by atoms with Gasteiger partial charge < -0.3 is 14.5 Å². The summed E-state index contributed by atoms with van der Waals surface area (Å²) in [6.07, 6.45) is 7.40. The van der Waals surface area contributed by atoms with Crippen LogP contribution in [0.3, 0.4) is 0 Å². The Morgan fingerprint density at radius 1 is 1.02 bits per heavy atom. The zero-order chi connectivity index (χ0) is 28.2. The van der Waals surface area contributed by atoms with E-state index in [4.69, 9.17) is 16.3 Å². The first-order valence-corrected chi connectivity index (χ1v) is 15.5. The number of rotatable bonds is 9. The quantitative estimate of drug-likeness (QED) is 0.200. The first kappa shape index (κ1) is 28.4. The van der Waals surface area contributed by atoms with Crippen LogP contribution in [0.25, 0.3) is 21.2 Å². The van der Waals surface area contributed by atoms with Gasteiger partial charge in [-0.05, 0) is 74.4 Å². The van der Waals surface area contributed by atoms with Crippen LogP contribution < -0.4 is 9.64 Å². The molecular formula is C33H38ClN3O2S. The predicted octanol–water partition coefficient (Wildman–Crippen LogP) is 8.69. The molecule has 0 unspecified atom stereocenters. The average molecular weight is 576 g/mol. The number of fused-ring (bicyclic) bond motifs is 1. The van der Waals surface area contributed by atoms with Crippen molar-refractivity contribution in [3.8, 4) is 16.9 Å². The highest BCUT2D eigenvalue weighted by Gasteiger charge is 2.32. The lowest BCUT2D eigenvalue weighted by Crippen LogP contribution is -2.41. The SMILES string of the molecule is CCOc1ccc(-c2ccc(N(C)C)nc2)cc1CN(C(=O)c1sc2ccccc2c1Cl)C1CCC(CC)CC1. The molecule has 7 heteroatoms. The first-order chi connectivity index (χ1) is 19.4. The van der Waals surface area contributed by atoms with Crippen LogP contribution in [0.15, 0.2) is 60.8 Å². The van der Waals surface area contributed by atoms with Crippen LogP contribution in [0.2, 0.25) is 5.02 Å². The average Bonchev–Trinajstić information content (AvgIpc) is 3.33. The van der Waals surface area contributed by atoms with Gasteiger partial charge in [0.05, 0.1) is 11.6 Å². The van der Waals surface area contributed by atoms with Crippen LogP contribution in [-0.4, -0.2) is 42.5 Å². The number of hydrogen-bond donors (Lipinski definition) is 0. The van der Waals surface area contributed by atoms with Crippen LogP contribution in [-0.2, 0) is 6.54 Å². The van der Waals surface area contributed by atoms with Gasteiger partial charge in [0, 0.05) is 54.1 Å². The van der Waals surface area contributed by atoms with E-state index in [9.17, 15) is 4.79 Å². The Bertz CT molecular complexity index is 1460. The molecule has 1 fully saturated rings. The molecule has 0 N–H and O–H groups in total. The third-order valence-electron chi connectivity index (χ3n) is 8.06. The van der Waals surface area contributed by atoms with E-state index in [-0.39, 0.29) is 11.9 Å². The van der Waals surface area contributed by atoms with Gasteiger partial charge in [-0.2, -0.15) is 0 Å². The maximum absolute atomic E-state index is 14.3. The Morgan fingerprint density at radius 3 is 2.42 bits per heavy atom. The molecule has 5 nitrogen and oxygen atoms in total. The fraction of sp³-hybridized carbons (Fsp3) is 0.394. The number of hydrogen-bond acceptors (Lipinski definition) is 5. The summed E-state index contributed by atoms with van der Waals surface area (Å²) >= 11 is 8.32. The highest BCUT2D eigenvalue weighted by atomic mass is 35.5. The maximum Gasteiger partial charge on any atom is 0.266 e. The van der Waals surface area contributed by atoms with Gasteiger partial charge in [0.15, 0.2) is 0 Å². The van der Waals surface area contributed by atoms with Crippen LogP contribution in [0.4, 0.5) is 5.82 Å². The highest BCUT2D eigenvalue weighted by Crippen LogP contribution is 2.39. The van der Waals surface area contributed by atoms with Crippen molar-refractivity contribution >= 4 is 44.7 Å². The number of carbonyl (C=O) groups excluding carboxylic acids is 1. The van der Waals surface area contributed by atoms with Crippen LogP contribution in [0.1, 0.15) is 61.2 Å². The minimum Gasteiger partial charge on any atom is -0.494 e. The Balaban J connectivity index is 1.52. The zero-order valence-corrected chi connectivity index (χ0v) is 25.4. The molecule has 1 aliphatic rings. The third-order valence-corrected chi connectivity index (χ3v) is 9.73. The number of halogens is 1. The van der Waals surface area contributed by atoms with Crippen molar-refractivity contribution in [1.29, 1.82) is 0 Å². The number of nitrogens with zero attached hydrogens (tertiary/aromatic N) is 3. The van der Waals surface area contributed by atoms with E-state index in [1.54, 1.807) is 0 Å². The van der Waals surface area contributed by atoms with E-state index in [2.05, 4.69) is 35.0 Å². The van der Waals surface area contributed by atoms with Gasteiger partial charge in [-0.25, -0.2) is 4.98 Å². The second-order valence-electron chi connectivity index (χ2n) is 10.8. The summed E-state index contributed by atoms with van der Waals surface area (Å²) < 4.78 is 7.11. The van der Waals surface area contributed by atoms with Gasteiger partial charge in [0.1, 0.15) is 16.4 Å². The van der Waals surface area contributed by atoms with Gasteiger partial charge in [0.25, 0.3) is 5.91 Å². The van der Waals surface area contributed by atoms with Gasteiger partial charge in [-0.15, -0.1) is 11.3 Å². The number of aromatic nitrogens is 1. The number of pyridine rings is 1. The highest BCUT2D eigenvalue weighted by molar-refractivity contribution is 7.21. The summed E-state index contributed by atoms with van der Waals surface area (Å²) in [5.74, 6) is 2.47. The van der Waals surface area contributed by atoms with Crippen molar-refractivity contribution in [3.63, 3.8) is 0 Å². The smallest absolute Gasteiger partial charge is 0.266 e. The van der Waals surface area contributed by atoms with Gasteiger partial charge in [-0.3, -0.25) is 4.79 Å². The molecule has 0 bridgehead atoms. The lowest BCUT2D eigenvalue weighted by atomic mass is 9.83. The minimum absolute atomic E-state index is 0.0102. The molecule has 0 saturated heterocycles. The molecule has 0 atom stereocenters. The van der Waals surface area contributed by atoms with Crippen molar-refractivity contribution in [1.82, 2.24) is 9.88 Å². The topological polar surface area (TPSA) is 45.7 Å². The molecule has 1 saturated carbocycles. The summed E-state index contributed by atoms with van der Waals surface area (Å²) in [5, 5.41) is 1.50. The number of benzene rings is 2. The summed E-state index contributed by atoms with van der Waals surface area (Å²) in [7, 11) is 3.97. The largest absolute Gasteiger partial charge is 0.494 e. The standard InChI is InChI=1S/C33H38ClN3O2S/c1-5-22-11-15-26(16-12-22)37(33(38)32-31(34)27-9-7-8-10-29(27)40-32)21-25-19-23(13-17-28(25)39-6-2)24-14-18-30(35-20-24)36(3)4/h7-10,13-14,17-20,22,26H,5-6,11-12,15-16,21H2,1-4H3. The lowest BCUT2D eigenvalue weighted by molar-refractivity contribution is 0.0590. The van der Waals surface area contributed by atoms with Crippen LogP contribution >= 0.6 is 22.9 Å². The van der Waals surface area contributed by atoms with E-state index in [0.717, 1.165) is 69.9 Å². The number of thiophene rings is 1. The molecule has 4 aromatic rings. The van der Waals surface area contributed by atoms with Gasteiger partial charge >= 0.3 is 0 Å². The Hall–Kier alpha value is -3.09. The Morgan fingerprint density at radius 2 is 1.77 bits per heavy atom. The molecule has 2 aromatic heterocycles. The Labute approximate surface area is 246 Å². The van der Waals surface area contributed by atoms with E-state index in [1.807, 2.05) is 68.5 Å². The van der Waals surface area contributed by atoms with Crippen molar-refractivity contribution in [2.45, 2.75) is 58.5 Å². The predicted molar refractivity (Wildman–Crippen MR) is 168 cm³/mol. The molecule has 0 spiro atoms. The van der Waals surface area contributed by atoms with Crippen LogP contribution in [0, 0.1) is 5.92 Å². The number of amides is 1. The van der Waals surface area contributed by atoms with E-state index >= 15 is 0 Å². The zero-order valence-electron chi connectivity index (χ0n) is 23.8. The number of carbonyl (C=O) groups is 1. The number of anilines is 1. The third kappa shape index (κ3) is 5.98. The first-order valence-electron chi connectivity index (χ1n) is 14.3. The monoisotopic (exact) mass is 575 g/mol. The van der Waals surface area contributed by atoms with E-state index in [0.29, 0.717) is 23.1 Å². The Kier molecular flexibility index (Phi) is 8.97. The van der Waals surface area contributed by atoms with E-state index < -0.39 is 0 Å². The summed E-state index contributed by atoms with van der Waals surface area (Å²) in [6.45, 7) is 5.29. The fourth-order valence-electron chi connectivity index (χ4n) is 5.70. The van der Waals surface area contributed by atoms with Gasteiger partial charge in [0.2, 0.25) is 0 Å². The van der Waals surface area contributed by atoms with Crippen molar-refractivity contribution in [2.24, 2.45) is 5.92 Å². The molecule has 1 amide bonds.